The smallest absolute Gasteiger partial charge is 0.412 e. The number of amides is 1. The number of carbonyl (C=O) groups excluding carboxylic acids is 1. The van der Waals surface area contributed by atoms with Crippen LogP contribution in [0.4, 0.5) is 14.9 Å². The minimum Gasteiger partial charge on any atom is -0.444 e. The lowest BCUT2D eigenvalue weighted by Gasteiger charge is -2.20. The number of carbonyl (C=O) groups is 1. The van der Waals surface area contributed by atoms with Crippen LogP contribution in [0.1, 0.15) is 26.3 Å². The number of nitrogens with one attached hydrogen (secondary N) is 1. The molecule has 20 heavy (non-hydrogen) atoms. The molecule has 0 bridgehead atoms. The van der Waals surface area contributed by atoms with E-state index in [4.69, 9.17) is 10.3 Å². The number of hydrogen-bond acceptors (Lipinski definition) is 3. The number of hydrogen-bond donors (Lipinski definition) is 1. The van der Waals surface area contributed by atoms with Crippen LogP contribution >= 0.6 is 0 Å². The summed E-state index contributed by atoms with van der Waals surface area (Å²) in [6, 6.07) is 3.98. The fraction of sp³-hybridized carbons (Fsp3) is 0.462. The number of ether oxygens (including phenoxy) is 1. The molecule has 0 unspecified atom stereocenters. The molecule has 6 nitrogen and oxygen atoms in total. The zero-order valence-corrected chi connectivity index (χ0v) is 11.7. The number of anilines is 1. The van der Waals surface area contributed by atoms with Crippen LogP contribution < -0.4 is 5.32 Å². The lowest BCUT2D eigenvalue weighted by Crippen LogP contribution is -2.27. The van der Waals surface area contributed by atoms with Gasteiger partial charge in [0, 0.05) is 17.1 Å². The summed E-state index contributed by atoms with van der Waals surface area (Å²) in [5.41, 5.74) is 8.60. The van der Waals surface area contributed by atoms with Gasteiger partial charge in [0.1, 0.15) is 11.4 Å². The van der Waals surface area contributed by atoms with Gasteiger partial charge >= 0.3 is 6.09 Å². The molecule has 0 saturated carbocycles. The molecular weight excluding hydrogens is 263 g/mol. The van der Waals surface area contributed by atoms with Gasteiger partial charge in [-0.05, 0) is 56.5 Å². The number of rotatable bonds is 4. The van der Waals surface area contributed by atoms with E-state index >= 15 is 0 Å². The van der Waals surface area contributed by atoms with Gasteiger partial charge in [-0.3, -0.25) is 5.32 Å². The van der Waals surface area contributed by atoms with E-state index in [9.17, 15) is 9.18 Å². The Bertz CT molecular complexity index is 534. The van der Waals surface area contributed by atoms with E-state index in [2.05, 4.69) is 15.3 Å². The Morgan fingerprint density at radius 1 is 1.50 bits per heavy atom. The molecular formula is C13H17FN4O2. The van der Waals surface area contributed by atoms with Crippen molar-refractivity contribution < 1.29 is 13.9 Å². The highest BCUT2D eigenvalue weighted by molar-refractivity contribution is 5.85. The zero-order valence-electron chi connectivity index (χ0n) is 11.7. The summed E-state index contributed by atoms with van der Waals surface area (Å²) in [6.07, 6.45) is -0.290. The molecule has 7 heteroatoms. The predicted octanol–water partition coefficient (Wildman–Crippen LogP) is 4.03. The normalized spacial score (nSPS) is 10.6. The van der Waals surface area contributed by atoms with Crippen molar-refractivity contribution >= 4 is 11.8 Å². The van der Waals surface area contributed by atoms with Crippen LogP contribution in [0.2, 0.25) is 0 Å². The predicted molar refractivity (Wildman–Crippen MR) is 74.0 cm³/mol. The molecule has 0 saturated heterocycles. The Kier molecular flexibility index (Phi) is 5.34. The van der Waals surface area contributed by atoms with Gasteiger partial charge in [0.05, 0.1) is 0 Å². The highest BCUT2D eigenvalue weighted by Crippen LogP contribution is 2.19. The molecule has 1 aromatic rings. The maximum Gasteiger partial charge on any atom is 0.412 e. The standard InChI is InChI=1S/C13H17FN4O2/c1-13(2,3)20-12(19)17-11-5-4-10(14)8-9(11)6-7-16-18-15/h4-5,8H,6-7H2,1-3H3,(H,17,19). The zero-order chi connectivity index (χ0) is 15.2. The van der Waals surface area contributed by atoms with Gasteiger partial charge in [0.15, 0.2) is 0 Å². The van der Waals surface area contributed by atoms with E-state index < -0.39 is 17.5 Å². The van der Waals surface area contributed by atoms with Crippen LogP contribution in [0.25, 0.3) is 10.4 Å². The Morgan fingerprint density at radius 3 is 2.80 bits per heavy atom. The molecule has 1 aromatic carbocycles. The number of azide groups is 1. The monoisotopic (exact) mass is 280 g/mol. The van der Waals surface area contributed by atoms with Gasteiger partial charge in [-0.1, -0.05) is 5.11 Å². The second-order valence-electron chi connectivity index (χ2n) is 5.13. The summed E-state index contributed by atoms with van der Waals surface area (Å²) in [5, 5.41) is 5.95. The van der Waals surface area contributed by atoms with Crippen LogP contribution in [-0.2, 0) is 11.2 Å². The van der Waals surface area contributed by atoms with Crippen molar-refractivity contribution in [3.8, 4) is 0 Å². The van der Waals surface area contributed by atoms with Crippen molar-refractivity contribution in [3.05, 3.63) is 40.0 Å². The number of nitrogens with zero attached hydrogens (tertiary/aromatic N) is 3. The third-order valence-electron chi connectivity index (χ3n) is 2.25. The largest absolute Gasteiger partial charge is 0.444 e. The maximum atomic E-state index is 13.2. The first kappa shape index (κ1) is 15.8. The Balaban J connectivity index is 2.82. The highest BCUT2D eigenvalue weighted by atomic mass is 19.1. The first-order chi connectivity index (χ1) is 9.31. The van der Waals surface area contributed by atoms with E-state index in [1.807, 2.05) is 0 Å². The van der Waals surface area contributed by atoms with Crippen molar-refractivity contribution in [1.82, 2.24) is 0 Å². The Labute approximate surface area is 116 Å². The minimum absolute atomic E-state index is 0.183. The van der Waals surface area contributed by atoms with Crippen LogP contribution in [-0.4, -0.2) is 18.2 Å². The third kappa shape index (κ3) is 5.58. The van der Waals surface area contributed by atoms with Crippen LogP contribution in [0, 0.1) is 5.82 Å². The summed E-state index contributed by atoms with van der Waals surface area (Å²) in [4.78, 5) is 14.3. The molecule has 1 N–H and O–H groups in total. The summed E-state index contributed by atoms with van der Waals surface area (Å²) >= 11 is 0. The quantitative estimate of drug-likeness (QED) is 0.512. The molecule has 1 amide bonds. The number of benzene rings is 1. The first-order valence-corrected chi connectivity index (χ1v) is 6.11. The van der Waals surface area contributed by atoms with Gasteiger partial charge < -0.3 is 4.74 Å². The van der Waals surface area contributed by atoms with Gasteiger partial charge in [-0.15, -0.1) is 0 Å². The molecule has 0 radical (unpaired) electrons. The van der Waals surface area contributed by atoms with Gasteiger partial charge in [-0.25, -0.2) is 9.18 Å². The molecule has 0 aliphatic heterocycles. The van der Waals surface area contributed by atoms with Crippen LogP contribution in [0.15, 0.2) is 23.3 Å². The van der Waals surface area contributed by atoms with Crippen molar-refractivity contribution in [2.24, 2.45) is 5.11 Å². The lowest BCUT2D eigenvalue weighted by atomic mass is 10.1. The fourth-order valence-corrected chi connectivity index (χ4v) is 1.52. The summed E-state index contributed by atoms with van der Waals surface area (Å²) in [6.45, 7) is 5.43. The Hall–Kier alpha value is -2.27. The van der Waals surface area contributed by atoms with E-state index in [0.717, 1.165) is 0 Å². The molecule has 0 atom stereocenters. The molecule has 0 aliphatic carbocycles. The molecule has 0 aliphatic rings. The molecule has 0 spiro atoms. The van der Waals surface area contributed by atoms with Crippen LogP contribution in [0.3, 0.4) is 0 Å². The van der Waals surface area contributed by atoms with Gasteiger partial charge in [0.2, 0.25) is 0 Å². The second kappa shape index (κ2) is 6.77. The molecule has 0 heterocycles. The second-order valence-corrected chi connectivity index (χ2v) is 5.13. The maximum absolute atomic E-state index is 13.2. The third-order valence-corrected chi connectivity index (χ3v) is 2.25. The topological polar surface area (TPSA) is 87.1 Å². The average molecular weight is 280 g/mol. The Morgan fingerprint density at radius 2 is 2.20 bits per heavy atom. The lowest BCUT2D eigenvalue weighted by molar-refractivity contribution is 0.0635. The first-order valence-electron chi connectivity index (χ1n) is 6.11. The fourth-order valence-electron chi connectivity index (χ4n) is 1.52. The summed E-state index contributed by atoms with van der Waals surface area (Å²) in [7, 11) is 0. The van der Waals surface area contributed by atoms with E-state index in [0.29, 0.717) is 17.7 Å². The SMILES string of the molecule is CC(C)(C)OC(=O)Nc1ccc(F)cc1CCN=[N+]=[N-]. The van der Waals surface area contributed by atoms with Crippen molar-refractivity contribution in [2.75, 3.05) is 11.9 Å². The van der Waals surface area contributed by atoms with Gasteiger partial charge in [0.25, 0.3) is 0 Å². The highest BCUT2D eigenvalue weighted by Gasteiger charge is 2.17. The molecule has 0 aromatic heterocycles. The molecule has 1 rings (SSSR count). The van der Waals surface area contributed by atoms with Crippen molar-refractivity contribution in [2.45, 2.75) is 32.8 Å². The van der Waals surface area contributed by atoms with E-state index in [1.165, 1.54) is 18.2 Å². The molecule has 0 fully saturated rings. The summed E-state index contributed by atoms with van der Waals surface area (Å²) in [5.74, 6) is -0.421. The summed E-state index contributed by atoms with van der Waals surface area (Å²) < 4.78 is 18.3. The minimum atomic E-state index is -0.617. The van der Waals surface area contributed by atoms with E-state index in [1.54, 1.807) is 20.8 Å². The van der Waals surface area contributed by atoms with E-state index in [-0.39, 0.29) is 6.54 Å². The van der Waals surface area contributed by atoms with Crippen molar-refractivity contribution in [3.63, 3.8) is 0 Å². The number of halogens is 1. The van der Waals surface area contributed by atoms with Crippen LogP contribution in [0.5, 0.6) is 0 Å². The van der Waals surface area contributed by atoms with Gasteiger partial charge in [-0.2, -0.15) is 0 Å². The van der Waals surface area contributed by atoms with Crippen molar-refractivity contribution in [1.29, 1.82) is 0 Å². The molecule has 108 valence electrons. The average Bonchev–Trinajstić information content (AvgIpc) is 2.30.